The van der Waals surface area contributed by atoms with E-state index < -0.39 is 60.2 Å². The number of hydrogen-bond donors (Lipinski definition) is 3. The number of oxime groups is 1. The number of nitrogens with one attached hydrogen (secondary N) is 2. The van der Waals surface area contributed by atoms with E-state index in [4.69, 9.17) is 37.2 Å². The van der Waals surface area contributed by atoms with E-state index in [0.29, 0.717) is 11.3 Å². The molecule has 0 saturated carbocycles. The summed E-state index contributed by atoms with van der Waals surface area (Å²) in [7, 11) is 0. The number of esters is 1. The second-order valence-electron chi connectivity index (χ2n) is 10.7. The van der Waals surface area contributed by atoms with Gasteiger partial charge in [-0.05, 0) is 37.1 Å². The van der Waals surface area contributed by atoms with Crippen LogP contribution in [-0.2, 0) is 24.0 Å². The summed E-state index contributed by atoms with van der Waals surface area (Å²) in [5, 5.41) is 19.4. The van der Waals surface area contributed by atoms with Crippen molar-refractivity contribution in [2.75, 3.05) is 6.61 Å². The molecule has 232 valence electrons. The van der Waals surface area contributed by atoms with Crippen LogP contribution in [0.1, 0.15) is 54.5 Å². The van der Waals surface area contributed by atoms with E-state index in [9.17, 15) is 29.1 Å². The first kappa shape index (κ1) is 32.5. The zero-order valence-electron chi connectivity index (χ0n) is 23.9. The number of Topliss-reactive ketones (excluding diaryl/α,β-unsaturated/α-hetero) is 1. The van der Waals surface area contributed by atoms with Crippen molar-refractivity contribution in [3.63, 3.8) is 0 Å². The summed E-state index contributed by atoms with van der Waals surface area (Å²) in [6.07, 6.45) is -0.864. The maximum atomic E-state index is 13.3. The molecule has 44 heavy (non-hydrogen) atoms. The maximum Gasteiger partial charge on any atom is 0.341 e. The Morgan fingerprint density at radius 1 is 1.05 bits per heavy atom. The Bertz CT molecular complexity index is 1600. The lowest BCUT2D eigenvalue weighted by atomic mass is 9.90. The molecule has 0 aliphatic carbocycles. The van der Waals surface area contributed by atoms with Gasteiger partial charge in [0.05, 0.1) is 33.8 Å². The molecule has 0 bridgehead atoms. The third-order valence-corrected chi connectivity index (χ3v) is 7.54. The SMILES string of the molecule is CC(C)C(NC(=O)c1cc2ccccc2o1)C1=NOC(C)(C(=O)NC(CC(=O)O)C(=O)COC(=O)c2c(Cl)cccc2Cl)C1. The number of para-hydroxylation sites is 1. The molecule has 3 atom stereocenters. The molecular formula is C30H29Cl2N3O9. The molecule has 2 aromatic carbocycles. The molecule has 14 heteroatoms. The minimum atomic E-state index is -1.63. The lowest BCUT2D eigenvalue weighted by Crippen LogP contribution is -2.53. The Balaban J connectivity index is 1.40. The van der Waals surface area contributed by atoms with Crippen molar-refractivity contribution in [1.82, 2.24) is 10.6 Å². The summed E-state index contributed by atoms with van der Waals surface area (Å²) in [4.78, 5) is 68.6. The molecule has 1 aromatic heterocycles. The number of fused-ring (bicyclic) bond motifs is 1. The molecule has 0 saturated heterocycles. The van der Waals surface area contributed by atoms with Gasteiger partial charge in [0.1, 0.15) is 11.6 Å². The van der Waals surface area contributed by atoms with Crippen LogP contribution in [-0.4, -0.2) is 64.6 Å². The van der Waals surface area contributed by atoms with Crippen LogP contribution in [0, 0.1) is 5.92 Å². The van der Waals surface area contributed by atoms with Crippen molar-refractivity contribution in [2.45, 2.75) is 51.3 Å². The molecular weight excluding hydrogens is 617 g/mol. The number of nitrogens with zero attached hydrogens (tertiary/aromatic N) is 1. The molecule has 3 aromatic rings. The Hall–Kier alpha value is -4.42. The van der Waals surface area contributed by atoms with Crippen LogP contribution < -0.4 is 10.6 Å². The van der Waals surface area contributed by atoms with Gasteiger partial charge in [-0.25, -0.2) is 4.79 Å². The largest absolute Gasteiger partial charge is 0.481 e. The Labute approximate surface area is 261 Å². The number of hydrogen-bond acceptors (Lipinski definition) is 9. The quantitative estimate of drug-likeness (QED) is 0.241. The number of furan rings is 1. The molecule has 1 aliphatic heterocycles. The highest BCUT2D eigenvalue weighted by Gasteiger charge is 2.46. The van der Waals surface area contributed by atoms with E-state index in [1.165, 1.54) is 25.1 Å². The van der Waals surface area contributed by atoms with Gasteiger partial charge < -0.3 is 29.7 Å². The van der Waals surface area contributed by atoms with E-state index in [-0.39, 0.29) is 33.7 Å². The van der Waals surface area contributed by atoms with Crippen molar-refractivity contribution >= 4 is 69.4 Å². The fourth-order valence-electron chi connectivity index (χ4n) is 4.53. The topological polar surface area (TPSA) is 174 Å². The van der Waals surface area contributed by atoms with Gasteiger partial charge in [-0.15, -0.1) is 0 Å². The Morgan fingerprint density at radius 3 is 2.36 bits per heavy atom. The minimum Gasteiger partial charge on any atom is -0.481 e. The Morgan fingerprint density at radius 2 is 1.73 bits per heavy atom. The highest BCUT2D eigenvalue weighted by molar-refractivity contribution is 6.39. The van der Waals surface area contributed by atoms with Gasteiger partial charge in [-0.2, -0.15) is 0 Å². The lowest BCUT2D eigenvalue weighted by molar-refractivity contribution is -0.146. The molecule has 0 spiro atoms. The fraction of sp³-hybridized carbons (Fsp3) is 0.333. The van der Waals surface area contributed by atoms with Crippen LogP contribution in [0.25, 0.3) is 11.0 Å². The number of benzene rings is 2. The molecule has 3 N–H and O–H groups in total. The summed E-state index contributed by atoms with van der Waals surface area (Å²) >= 11 is 12.0. The summed E-state index contributed by atoms with van der Waals surface area (Å²) in [6.45, 7) is 4.25. The van der Waals surface area contributed by atoms with Crippen LogP contribution in [0.5, 0.6) is 0 Å². The molecule has 0 fully saturated rings. The maximum absolute atomic E-state index is 13.3. The molecule has 12 nitrogen and oxygen atoms in total. The average molecular weight is 646 g/mol. The van der Waals surface area contributed by atoms with Crippen LogP contribution in [0.2, 0.25) is 10.0 Å². The summed E-state index contributed by atoms with van der Waals surface area (Å²) in [5.74, 6) is -4.65. The van der Waals surface area contributed by atoms with Crippen molar-refractivity contribution < 1.29 is 43.1 Å². The number of carboxylic acid groups (broad SMARTS) is 1. The van der Waals surface area contributed by atoms with Gasteiger partial charge in [0.25, 0.3) is 11.8 Å². The second kappa shape index (κ2) is 13.5. The zero-order valence-corrected chi connectivity index (χ0v) is 25.4. The number of carbonyl (C=O) groups excluding carboxylic acids is 4. The van der Waals surface area contributed by atoms with E-state index in [1.54, 1.807) is 18.2 Å². The average Bonchev–Trinajstić information content (AvgIpc) is 3.58. The Kier molecular flexibility index (Phi) is 9.95. The van der Waals surface area contributed by atoms with Gasteiger partial charge in [-0.1, -0.05) is 66.5 Å². The first-order valence-electron chi connectivity index (χ1n) is 13.5. The molecule has 1 aliphatic rings. The third kappa shape index (κ3) is 7.37. The molecule has 2 amide bonds. The van der Waals surface area contributed by atoms with Crippen LogP contribution in [0.4, 0.5) is 0 Å². The number of ether oxygens (including phenoxy) is 1. The fourth-order valence-corrected chi connectivity index (χ4v) is 5.08. The van der Waals surface area contributed by atoms with Crippen LogP contribution >= 0.6 is 23.2 Å². The van der Waals surface area contributed by atoms with Crippen molar-refractivity contribution in [3.8, 4) is 0 Å². The second-order valence-corrected chi connectivity index (χ2v) is 11.5. The molecule has 0 radical (unpaired) electrons. The zero-order chi connectivity index (χ0) is 32.2. The number of carboxylic acids is 1. The monoisotopic (exact) mass is 645 g/mol. The van der Waals surface area contributed by atoms with Crippen molar-refractivity contribution in [3.05, 3.63) is 69.9 Å². The van der Waals surface area contributed by atoms with Crippen LogP contribution in [0.3, 0.4) is 0 Å². The van der Waals surface area contributed by atoms with E-state index in [1.807, 2.05) is 26.0 Å². The highest BCUT2D eigenvalue weighted by atomic mass is 35.5. The van der Waals surface area contributed by atoms with Gasteiger partial charge in [0.15, 0.2) is 18.2 Å². The molecule has 3 unspecified atom stereocenters. The number of rotatable bonds is 12. The number of amides is 2. The third-order valence-electron chi connectivity index (χ3n) is 6.91. The number of carbonyl (C=O) groups is 5. The predicted molar refractivity (Wildman–Crippen MR) is 160 cm³/mol. The summed E-state index contributed by atoms with van der Waals surface area (Å²) < 4.78 is 10.7. The smallest absolute Gasteiger partial charge is 0.341 e. The summed E-state index contributed by atoms with van der Waals surface area (Å²) in [5.41, 5.74) is -0.886. The van der Waals surface area contributed by atoms with Gasteiger partial charge in [-0.3, -0.25) is 19.2 Å². The first-order valence-corrected chi connectivity index (χ1v) is 14.3. The van der Waals surface area contributed by atoms with Gasteiger partial charge >= 0.3 is 11.9 Å². The first-order chi connectivity index (χ1) is 20.8. The highest BCUT2D eigenvalue weighted by Crippen LogP contribution is 2.28. The van der Waals surface area contributed by atoms with Crippen molar-refractivity contribution in [2.24, 2.45) is 11.1 Å². The minimum absolute atomic E-state index is 0.000860. The van der Waals surface area contributed by atoms with E-state index in [0.717, 1.165) is 5.39 Å². The number of aliphatic carboxylic acids is 1. The summed E-state index contributed by atoms with van der Waals surface area (Å²) in [6, 6.07) is 10.9. The standard InChI is InChI=1S/C30H29Cl2N3O9/c1-15(2)26(34-27(39)23-11-16-7-4-5-10-22(16)43-23)20-13-30(3,44-35-20)29(41)33-19(12-24(37)38)21(36)14-42-28(40)25-17(31)8-6-9-18(25)32/h4-11,15,19,26H,12-14H2,1-3H3,(H,33,41)(H,34,39)(H,37,38). The normalized spacial score (nSPS) is 17.4. The van der Waals surface area contributed by atoms with Gasteiger partial charge in [0, 0.05) is 11.8 Å². The number of ketones is 1. The molecule has 4 rings (SSSR count). The van der Waals surface area contributed by atoms with E-state index >= 15 is 0 Å². The van der Waals surface area contributed by atoms with E-state index in [2.05, 4.69) is 15.8 Å². The number of halogens is 2. The predicted octanol–water partition coefficient (Wildman–Crippen LogP) is 4.41. The lowest BCUT2D eigenvalue weighted by Gasteiger charge is -2.25. The van der Waals surface area contributed by atoms with Crippen LogP contribution in [0.15, 0.2) is 58.1 Å². The van der Waals surface area contributed by atoms with Crippen molar-refractivity contribution in [1.29, 1.82) is 0 Å². The molecule has 2 heterocycles. The van der Waals surface area contributed by atoms with Gasteiger partial charge in [0.2, 0.25) is 5.60 Å².